The minimum atomic E-state index is 0.383. The van der Waals surface area contributed by atoms with Gasteiger partial charge in [-0.3, -0.25) is 4.40 Å². The zero-order valence-electron chi connectivity index (χ0n) is 11.0. The van der Waals surface area contributed by atoms with Crippen LogP contribution in [0.2, 0.25) is 0 Å². The van der Waals surface area contributed by atoms with E-state index in [2.05, 4.69) is 9.97 Å². The summed E-state index contributed by atoms with van der Waals surface area (Å²) in [6.07, 6.45) is 9.12. The second kappa shape index (κ2) is 5.05. The van der Waals surface area contributed by atoms with E-state index in [0.29, 0.717) is 23.1 Å². The van der Waals surface area contributed by atoms with Crippen LogP contribution in [-0.2, 0) is 0 Å². The Kier molecular flexibility index (Phi) is 3.09. The lowest BCUT2D eigenvalue weighted by molar-refractivity contribution is 0.465. The monoisotopic (exact) mass is 266 g/mol. The van der Waals surface area contributed by atoms with Crippen molar-refractivity contribution in [2.24, 2.45) is 0 Å². The fraction of sp³-hybridized carbons (Fsp3) is 0.0667. The van der Waals surface area contributed by atoms with Crippen molar-refractivity contribution in [1.29, 1.82) is 0 Å². The highest BCUT2D eigenvalue weighted by molar-refractivity contribution is 5.60. The Labute approximate surface area is 116 Å². The lowest BCUT2D eigenvalue weighted by Crippen LogP contribution is -1.99. The molecule has 0 unspecified atom stereocenters. The molecule has 2 N–H and O–H groups in total. The van der Waals surface area contributed by atoms with Gasteiger partial charge in [-0.1, -0.05) is 30.4 Å². The third kappa shape index (κ3) is 2.21. The number of fused-ring (bicyclic) bond motifs is 1. The summed E-state index contributed by atoms with van der Waals surface area (Å²) >= 11 is 0. The standard InChI is InChI=1S/C15H14N4O/c1-2-5-11-6-3-4-7-12(11)20-15-14-17-8-9-19(14)10-13(16)18-15/h2-10H,16H2,1H3/b5-2+. The van der Waals surface area contributed by atoms with E-state index in [1.807, 2.05) is 43.3 Å². The van der Waals surface area contributed by atoms with Gasteiger partial charge in [0.05, 0.1) is 6.20 Å². The fourth-order valence-electron chi connectivity index (χ4n) is 1.98. The minimum Gasteiger partial charge on any atom is -0.435 e. The Balaban J connectivity index is 2.07. The van der Waals surface area contributed by atoms with E-state index in [9.17, 15) is 0 Å². The molecule has 0 saturated heterocycles. The highest BCUT2D eigenvalue weighted by atomic mass is 16.5. The number of allylic oxidation sites excluding steroid dienone is 1. The smallest absolute Gasteiger partial charge is 0.265 e. The molecule has 5 nitrogen and oxygen atoms in total. The van der Waals surface area contributed by atoms with Gasteiger partial charge in [-0.25, -0.2) is 4.98 Å². The summed E-state index contributed by atoms with van der Waals surface area (Å²) < 4.78 is 7.68. The number of hydrogen-bond donors (Lipinski definition) is 1. The number of aromatic nitrogens is 3. The summed E-state index contributed by atoms with van der Waals surface area (Å²) in [5.41, 5.74) is 7.39. The predicted molar refractivity (Wildman–Crippen MR) is 78.6 cm³/mol. The number of nitrogens with two attached hydrogens (primary N) is 1. The van der Waals surface area contributed by atoms with E-state index in [0.717, 1.165) is 5.56 Å². The predicted octanol–water partition coefficient (Wildman–Crippen LogP) is 3.14. The van der Waals surface area contributed by atoms with E-state index in [1.54, 1.807) is 23.0 Å². The summed E-state index contributed by atoms with van der Waals surface area (Å²) in [6.45, 7) is 1.96. The molecule has 0 fully saturated rings. The van der Waals surface area contributed by atoms with Gasteiger partial charge in [-0.05, 0) is 13.0 Å². The van der Waals surface area contributed by atoms with Crippen molar-refractivity contribution in [2.45, 2.75) is 6.92 Å². The Morgan fingerprint density at radius 2 is 2.15 bits per heavy atom. The van der Waals surface area contributed by atoms with Gasteiger partial charge in [0.2, 0.25) is 5.65 Å². The van der Waals surface area contributed by atoms with Crippen LogP contribution in [0.5, 0.6) is 11.6 Å². The summed E-state index contributed by atoms with van der Waals surface area (Å²) in [4.78, 5) is 8.45. The largest absolute Gasteiger partial charge is 0.435 e. The zero-order valence-corrected chi connectivity index (χ0v) is 11.0. The number of rotatable bonds is 3. The molecule has 0 amide bonds. The van der Waals surface area contributed by atoms with Gasteiger partial charge in [-0.15, -0.1) is 0 Å². The van der Waals surface area contributed by atoms with Gasteiger partial charge in [0.1, 0.15) is 11.6 Å². The maximum atomic E-state index is 5.89. The van der Waals surface area contributed by atoms with Crippen LogP contribution >= 0.6 is 0 Å². The van der Waals surface area contributed by atoms with Crippen LogP contribution in [0.1, 0.15) is 12.5 Å². The second-order valence-corrected chi connectivity index (χ2v) is 4.27. The molecular formula is C15H14N4O. The highest BCUT2D eigenvalue weighted by Gasteiger charge is 2.10. The Morgan fingerprint density at radius 3 is 3.00 bits per heavy atom. The molecule has 0 aliphatic carbocycles. The van der Waals surface area contributed by atoms with Gasteiger partial charge in [-0.2, -0.15) is 4.98 Å². The summed E-state index contributed by atoms with van der Waals surface area (Å²) in [6, 6.07) is 7.74. The molecule has 0 atom stereocenters. The van der Waals surface area contributed by atoms with E-state index in [1.165, 1.54) is 0 Å². The Bertz CT molecular complexity index is 776. The fourth-order valence-corrected chi connectivity index (χ4v) is 1.98. The van der Waals surface area contributed by atoms with Crippen molar-refractivity contribution >= 4 is 17.5 Å². The molecular weight excluding hydrogens is 252 g/mol. The van der Waals surface area contributed by atoms with Crippen LogP contribution in [0.25, 0.3) is 11.7 Å². The number of ether oxygens (including phenoxy) is 1. The lowest BCUT2D eigenvalue weighted by Gasteiger charge is -2.09. The molecule has 0 aliphatic heterocycles. The zero-order chi connectivity index (χ0) is 13.9. The molecule has 0 bridgehead atoms. The molecule has 0 radical (unpaired) electrons. The summed E-state index contributed by atoms with van der Waals surface area (Å²) in [5.74, 6) is 1.49. The maximum Gasteiger partial charge on any atom is 0.265 e. The number of anilines is 1. The third-order valence-electron chi connectivity index (χ3n) is 2.83. The first-order valence-electron chi connectivity index (χ1n) is 6.26. The van der Waals surface area contributed by atoms with Crippen molar-refractivity contribution in [3.8, 4) is 11.6 Å². The molecule has 3 aromatic rings. The van der Waals surface area contributed by atoms with Crippen LogP contribution in [0.3, 0.4) is 0 Å². The quantitative estimate of drug-likeness (QED) is 0.791. The molecule has 100 valence electrons. The van der Waals surface area contributed by atoms with Crippen LogP contribution in [0, 0.1) is 0 Å². The van der Waals surface area contributed by atoms with E-state index in [4.69, 9.17) is 10.5 Å². The maximum absolute atomic E-state index is 5.89. The Hall–Kier alpha value is -2.82. The number of benzene rings is 1. The summed E-state index contributed by atoms with van der Waals surface area (Å²) in [7, 11) is 0. The van der Waals surface area contributed by atoms with Gasteiger partial charge in [0, 0.05) is 18.0 Å². The van der Waals surface area contributed by atoms with Crippen molar-refractivity contribution < 1.29 is 4.74 Å². The number of nitrogen functional groups attached to an aromatic ring is 1. The minimum absolute atomic E-state index is 0.383. The number of nitrogens with zero attached hydrogens (tertiary/aromatic N) is 3. The van der Waals surface area contributed by atoms with Gasteiger partial charge < -0.3 is 10.5 Å². The molecule has 2 heterocycles. The first-order chi connectivity index (χ1) is 9.78. The van der Waals surface area contributed by atoms with Crippen LogP contribution in [-0.4, -0.2) is 14.4 Å². The van der Waals surface area contributed by atoms with Gasteiger partial charge >= 0.3 is 0 Å². The van der Waals surface area contributed by atoms with Crippen LogP contribution in [0.4, 0.5) is 5.82 Å². The van der Waals surface area contributed by atoms with Gasteiger partial charge in [0.25, 0.3) is 5.88 Å². The molecule has 3 rings (SSSR count). The van der Waals surface area contributed by atoms with Crippen molar-refractivity contribution in [2.75, 3.05) is 5.73 Å². The SMILES string of the molecule is C/C=C/c1ccccc1Oc1nc(N)cn2ccnc12. The molecule has 1 aromatic carbocycles. The number of para-hydroxylation sites is 1. The molecule has 20 heavy (non-hydrogen) atoms. The van der Waals surface area contributed by atoms with Crippen molar-refractivity contribution in [3.05, 3.63) is 54.5 Å². The van der Waals surface area contributed by atoms with Crippen molar-refractivity contribution in [1.82, 2.24) is 14.4 Å². The Morgan fingerprint density at radius 1 is 1.30 bits per heavy atom. The topological polar surface area (TPSA) is 65.4 Å². The second-order valence-electron chi connectivity index (χ2n) is 4.27. The average Bonchev–Trinajstić information content (AvgIpc) is 2.89. The van der Waals surface area contributed by atoms with Gasteiger partial charge in [0.15, 0.2) is 0 Å². The molecule has 0 saturated carbocycles. The highest BCUT2D eigenvalue weighted by Crippen LogP contribution is 2.27. The first-order valence-corrected chi connectivity index (χ1v) is 6.26. The lowest BCUT2D eigenvalue weighted by atomic mass is 10.2. The molecule has 0 aliphatic rings. The summed E-state index contributed by atoms with van der Waals surface area (Å²) in [5, 5.41) is 0. The third-order valence-corrected chi connectivity index (χ3v) is 2.83. The average molecular weight is 266 g/mol. The number of imidazole rings is 1. The van der Waals surface area contributed by atoms with E-state index in [-0.39, 0.29) is 0 Å². The van der Waals surface area contributed by atoms with Crippen LogP contribution in [0.15, 0.2) is 48.9 Å². The van der Waals surface area contributed by atoms with Crippen LogP contribution < -0.4 is 10.5 Å². The normalized spacial score (nSPS) is 11.2. The molecule has 2 aromatic heterocycles. The van der Waals surface area contributed by atoms with Crippen molar-refractivity contribution in [3.63, 3.8) is 0 Å². The molecule has 5 heteroatoms. The first kappa shape index (κ1) is 12.2. The van der Waals surface area contributed by atoms with E-state index < -0.39 is 0 Å². The number of hydrogen-bond acceptors (Lipinski definition) is 4. The molecule has 0 spiro atoms. The van der Waals surface area contributed by atoms with E-state index >= 15 is 0 Å².